The number of halogens is 1. The molecule has 0 saturated carbocycles. The zero-order chi connectivity index (χ0) is 17.6. The molecule has 2 heterocycles. The Kier molecular flexibility index (Phi) is 7.60. The van der Waals surface area contributed by atoms with Crippen molar-refractivity contribution in [3.63, 3.8) is 0 Å². The summed E-state index contributed by atoms with van der Waals surface area (Å²) in [5.41, 5.74) is 7.47. The molecule has 1 aliphatic rings. The summed E-state index contributed by atoms with van der Waals surface area (Å²) >= 11 is 0. The number of likely N-dealkylation sites (tertiary alicyclic amines) is 1. The van der Waals surface area contributed by atoms with Gasteiger partial charge in [-0.2, -0.15) is 4.98 Å². The first-order valence-electron chi connectivity index (χ1n) is 9.07. The highest BCUT2D eigenvalue weighted by Gasteiger charge is 2.33. The molecule has 1 fully saturated rings. The minimum atomic E-state index is -0.00103. The molecule has 7 heteroatoms. The number of hydrogen-bond acceptors (Lipinski definition) is 5. The molecule has 0 bridgehead atoms. The number of rotatable bonds is 7. The first-order valence-corrected chi connectivity index (χ1v) is 9.07. The summed E-state index contributed by atoms with van der Waals surface area (Å²) in [6.45, 7) is 3.41. The molecule has 1 amide bonds. The van der Waals surface area contributed by atoms with Crippen molar-refractivity contribution in [1.82, 2.24) is 15.0 Å². The molecule has 1 aromatic carbocycles. The average molecular weight is 379 g/mol. The van der Waals surface area contributed by atoms with E-state index in [1.807, 2.05) is 23.1 Å². The Morgan fingerprint density at radius 2 is 2.04 bits per heavy atom. The van der Waals surface area contributed by atoms with Crippen LogP contribution in [0.1, 0.15) is 49.4 Å². The molecule has 0 spiro atoms. The van der Waals surface area contributed by atoms with Gasteiger partial charge < -0.3 is 15.2 Å². The van der Waals surface area contributed by atoms with Crippen LogP contribution in [0.2, 0.25) is 0 Å². The molecular weight excluding hydrogens is 352 g/mol. The average Bonchev–Trinajstić information content (AvgIpc) is 3.23. The first-order chi connectivity index (χ1) is 12.2. The number of carbonyl (C=O) groups is 1. The second kappa shape index (κ2) is 9.69. The Morgan fingerprint density at radius 3 is 2.77 bits per heavy atom. The third-order valence-corrected chi connectivity index (χ3v) is 4.71. The van der Waals surface area contributed by atoms with Gasteiger partial charge in [0.15, 0.2) is 5.82 Å². The SMILES string of the molecule is CCCc1noc(CCCC(=O)N2C[C@@H](N)[C@H](c3ccccc3)C2)n1.Cl. The number of amides is 1. The molecule has 0 unspecified atom stereocenters. The minimum absolute atomic E-state index is 0. The fraction of sp³-hybridized carbons (Fsp3) is 0.526. The van der Waals surface area contributed by atoms with Crippen molar-refractivity contribution in [1.29, 1.82) is 0 Å². The number of aromatic nitrogens is 2. The number of benzene rings is 1. The lowest BCUT2D eigenvalue weighted by Gasteiger charge is -2.16. The van der Waals surface area contributed by atoms with Crippen LogP contribution in [0.3, 0.4) is 0 Å². The van der Waals surface area contributed by atoms with E-state index in [-0.39, 0.29) is 30.3 Å². The zero-order valence-electron chi connectivity index (χ0n) is 15.1. The highest BCUT2D eigenvalue weighted by Crippen LogP contribution is 2.26. The summed E-state index contributed by atoms with van der Waals surface area (Å²) in [6.07, 6.45) is 3.67. The molecule has 1 saturated heterocycles. The Hall–Kier alpha value is -1.92. The van der Waals surface area contributed by atoms with E-state index in [4.69, 9.17) is 10.3 Å². The van der Waals surface area contributed by atoms with Crippen LogP contribution in [0.15, 0.2) is 34.9 Å². The maximum atomic E-state index is 12.5. The molecule has 1 aliphatic heterocycles. The lowest BCUT2D eigenvalue weighted by Crippen LogP contribution is -2.32. The summed E-state index contributed by atoms with van der Waals surface area (Å²) in [4.78, 5) is 18.7. The van der Waals surface area contributed by atoms with E-state index < -0.39 is 0 Å². The van der Waals surface area contributed by atoms with Crippen LogP contribution in [0.4, 0.5) is 0 Å². The van der Waals surface area contributed by atoms with Gasteiger partial charge in [0.05, 0.1) is 0 Å². The van der Waals surface area contributed by atoms with Crippen molar-refractivity contribution in [2.24, 2.45) is 5.73 Å². The second-order valence-corrected chi connectivity index (χ2v) is 6.69. The fourth-order valence-corrected chi connectivity index (χ4v) is 3.35. The fourth-order valence-electron chi connectivity index (χ4n) is 3.35. The van der Waals surface area contributed by atoms with Crippen LogP contribution in [0.5, 0.6) is 0 Å². The van der Waals surface area contributed by atoms with Crippen LogP contribution < -0.4 is 5.73 Å². The Morgan fingerprint density at radius 1 is 1.27 bits per heavy atom. The van der Waals surface area contributed by atoms with Gasteiger partial charge in [0, 0.05) is 44.3 Å². The molecule has 142 valence electrons. The largest absolute Gasteiger partial charge is 0.340 e. The van der Waals surface area contributed by atoms with Crippen LogP contribution in [-0.4, -0.2) is 40.1 Å². The topological polar surface area (TPSA) is 85.2 Å². The molecule has 26 heavy (non-hydrogen) atoms. The summed E-state index contributed by atoms with van der Waals surface area (Å²) in [7, 11) is 0. The minimum Gasteiger partial charge on any atom is -0.340 e. The van der Waals surface area contributed by atoms with E-state index in [1.54, 1.807) is 0 Å². The quantitative estimate of drug-likeness (QED) is 0.800. The van der Waals surface area contributed by atoms with Crippen LogP contribution >= 0.6 is 12.4 Å². The summed E-state index contributed by atoms with van der Waals surface area (Å²) in [6, 6.07) is 10.2. The molecule has 2 aromatic rings. The zero-order valence-corrected chi connectivity index (χ0v) is 16.0. The van der Waals surface area contributed by atoms with Crippen molar-refractivity contribution in [2.45, 2.75) is 51.0 Å². The smallest absolute Gasteiger partial charge is 0.226 e. The van der Waals surface area contributed by atoms with Gasteiger partial charge >= 0.3 is 0 Å². The number of hydrogen-bond donors (Lipinski definition) is 1. The standard InChI is InChI=1S/C19H26N4O2.ClH/c1-2-7-17-21-18(25-22-17)10-6-11-19(24)23-12-15(16(20)13-23)14-8-4-3-5-9-14;/h3-5,8-9,15-16H,2,6-7,10-13,20H2,1H3;1H/t15-,16+;/m0./s1. The number of nitrogens with zero attached hydrogens (tertiary/aromatic N) is 3. The molecule has 1 aromatic heterocycles. The lowest BCUT2D eigenvalue weighted by molar-refractivity contribution is -0.130. The molecule has 0 radical (unpaired) electrons. The number of nitrogens with two attached hydrogens (primary N) is 1. The van der Waals surface area contributed by atoms with E-state index in [0.29, 0.717) is 38.2 Å². The van der Waals surface area contributed by atoms with Crippen molar-refractivity contribution in [3.8, 4) is 0 Å². The summed E-state index contributed by atoms with van der Waals surface area (Å²) in [5, 5.41) is 3.94. The number of aryl methyl sites for hydroxylation is 2. The Balaban J connectivity index is 0.00000243. The molecular formula is C19H27ClN4O2. The molecule has 2 N–H and O–H groups in total. The van der Waals surface area contributed by atoms with E-state index in [2.05, 4.69) is 29.2 Å². The maximum absolute atomic E-state index is 12.5. The summed E-state index contributed by atoms with van der Waals surface area (Å²) < 4.78 is 5.21. The van der Waals surface area contributed by atoms with Gasteiger partial charge in [-0.25, -0.2) is 0 Å². The van der Waals surface area contributed by atoms with E-state index >= 15 is 0 Å². The molecule has 6 nitrogen and oxygen atoms in total. The van der Waals surface area contributed by atoms with Crippen molar-refractivity contribution >= 4 is 18.3 Å². The highest BCUT2D eigenvalue weighted by molar-refractivity contribution is 5.85. The third-order valence-electron chi connectivity index (χ3n) is 4.71. The van der Waals surface area contributed by atoms with E-state index in [1.165, 1.54) is 5.56 Å². The predicted molar refractivity (Wildman–Crippen MR) is 102 cm³/mol. The molecule has 2 atom stereocenters. The first kappa shape index (κ1) is 20.4. The van der Waals surface area contributed by atoms with Gasteiger partial charge in [0.1, 0.15) is 0 Å². The van der Waals surface area contributed by atoms with Gasteiger partial charge in [-0.1, -0.05) is 42.4 Å². The maximum Gasteiger partial charge on any atom is 0.226 e. The molecule has 3 rings (SSSR count). The highest BCUT2D eigenvalue weighted by atomic mass is 35.5. The van der Waals surface area contributed by atoms with Crippen molar-refractivity contribution in [3.05, 3.63) is 47.6 Å². The van der Waals surface area contributed by atoms with Gasteiger partial charge in [-0.15, -0.1) is 12.4 Å². The van der Waals surface area contributed by atoms with E-state index in [0.717, 1.165) is 18.7 Å². The van der Waals surface area contributed by atoms with Crippen molar-refractivity contribution in [2.75, 3.05) is 13.1 Å². The Bertz CT molecular complexity index is 692. The molecule has 0 aliphatic carbocycles. The van der Waals surface area contributed by atoms with Gasteiger partial charge in [-0.3, -0.25) is 4.79 Å². The van der Waals surface area contributed by atoms with Crippen LogP contribution in [0, 0.1) is 0 Å². The van der Waals surface area contributed by atoms with Crippen molar-refractivity contribution < 1.29 is 9.32 Å². The van der Waals surface area contributed by atoms with Gasteiger partial charge in [-0.05, 0) is 18.4 Å². The van der Waals surface area contributed by atoms with E-state index in [9.17, 15) is 4.79 Å². The monoisotopic (exact) mass is 378 g/mol. The van der Waals surface area contributed by atoms with Crippen LogP contribution in [0.25, 0.3) is 0 Å². The van der Waals surface area contributed by atoms with Crippen LogP contribution in [-0.2, 0) is 17.6 Å². The predicted octanol–water partition coefficient (Wildman–Crippen LogP) is 2.72. The Labute approximate surface area is 160 Å². The normalized spacial score (nSPS) is 19.4. The van der Waals surface area contributed by atoms with Gasteiger partial charge in [0.25, 0.3) is 0 Å². The summed E-state index contributed by atoms with van der Waals surface area (Å²) in [5.74, 6) is 1.75. The third kappa shape index (κ3) is 5.05. The van der Waals surface area contributed by atoms with Gasteiger partial charge in [0.2, 0.25) is 11.8 Å². The second-order valence-electron chi connectivity index (χ2n) is 6.69. The lowest BCUT2D eigenvalue weighted by atomic mass is 9.95. The number of carbonyl (C=O) groups excluding carboxylic acids is 1.